The van der Waals surface area contributed by atoms with Crippen LogP contribution >= 0.6 is 0 Å². The number of pyridine rings is 2. The predicted molar refractivity (Wildman–Crippen MR) is 142 cm³/mol. The molecule has 10 heteroatoms. The summed E-state index contributed by atoms with van der Waals surface area (Å²) in [5.41, 5.74) is 5.67. The number of aliphatic hydroxyl groups excluding tert-OH is 1. The molecule has 1 unspecified atom stereocenters. The van der Waals surface area contributed by atoms with Gasteiger partial charge in [-0.15, -0.1) is 0 Å². The lowest BCUT2D eigenvalue weighted by atomic mass is 9.84. The molecule has 2 aliphatic rings. The van der Waals surface area contributed by atoms with E-state index in [1.807, 2.05) is 24.0 Å². The summed E-state index contributed by atoms with van der Waals surface area (Å²) < 4.78 is 31.5. The number of benzene rings is 1. The zero-order valence-electron chi connectivity index (χ0n) is 21.4. The van der Waals surface area contributed by atoms with Crippen molar-refractivity contribution < 1.29 is 18.3 Å². The molecule has 37 heavy (non-hydrogen) atoms. The van der Waals surface area contributed by atoms with Crippen molar-refractivity contribution in [3.63, 3.8) is 0 Å². The fraction of sp³-hybridized carbons (Fsp3) is 0.407. The third-order valence-corrected chi connectivity index (χ3v) is 9.01. The Balaban J connectivity index is 1.38. The summed E-state index contributed by atoms with van der Waals surface area (Å²) in [7, 11) is -0.486. The van der Waals surface area contributed by atoms with Gasteiger partial charge in [0.2, 0.25) is 15.9 Å². The smallest absolute Gasteiger partial charge is 0.240 e. The van der Waals surface area contributed by atoms with Crippen molar-refractivity contribution in [2.24, 2.45) is 0 Å². The summed E-state index contributed by atoms with van der Waals surface area (Å²) >= 11 is 0. The predicted octanol–water partition coefficient (Wildman–Crippen LogP) is 3.07. The molecule has 2 aromatic heterocycles. The molecule has 0 bridgehead atoms. The molecule has 3 N–H and O–H groups in total. The number of hydrogen-bond donors (Lipinski definition) is 3. The Morgan fingerprint density at radius 3 is 2.54 bits per heavy atom. The molecule has 1 aliphatic carbocycles. The minimum atomic E-state index is -3.48. The summed E-state index contributed by atoms with van der Waals surface area (Å²) in [6.45, 7) is 3.12. The average molecular weight is 524 g/mol. The van der Waals surface area contributed by atoms with Crippen molar-refractivity contribution in [3.8, 4) is 17.1 Å². The van der Waals surface area contributed by atoms with Gasteiger partial charge in [0, 0.05) is 36.3 Å². The number of hydrogen-bond acceptors (Lipinski definition) is 8. The Bertz CT molecular complexity index is 1390. The van der Waals surface area contributed by atoms with Crippen molar-refractivity contribution in [1.82, 2.24) is 20.0 Å². The van der Waals surface area contributed by atoms with E-state index in [0.717, 1.165) is 59.4 Å². The highest BCUT2D eigenvalue weighted by molar-refractivity contribution is 7.89. The lowest BCUT2D eigenvalue weighted by molar-refractivity contribution is 0.128. The van der Waals surface area contributed by atoms with Gasteiger partial charge in [-0.3, -0.25) is 5.32 Å². The van der Waals surface area contributed by atoms with Crippen molar-refractivity contribution in [2.75, 3.05) is 25.6 Å². The van der Waals surface area contributed by atoms with Crippen molar-refractivity contribution >= 4 is 15.7 Å². The minimum Gasteiger partial charge on any atom is -0.481 e. The second-order valence-electron chi connectivity index (χ2n) is 9.83. The van der Waals surface area contributed by atoms with Gasteiger partial charge in [0.15, 0.2) is 6.35 Å². The van der Waals surface area contributed by atoms with E-state index in [2.05, 4.69) is 21.1 Å². The van der Waals surface area contributed by atoms with E-state index >= 15 is 0 Å². The molecule has 0 amide bonds. The molecule has 3 heterocycles. The van der Waals surface area contributed by atoms with E-state index in [4.69, 9.17) is 9.72 Å². The van der Waals surface area contributed by atoms with Crippen LogP contribution in [0.15, 0.2) is 53.6 Å². The van der Waals surface area contributed by atoms with E-state index in [9.17, 15) is 13.5 Å². The Morgan fingerprint density at radius 1 is 1.16 bits per heavy atom. The lowest BCUT2D eigenvalue weighted by Gasteiger charge is -2.29. The summed E-state index contributed by atoms with van der Waals surface area (Å²) in [4.78, 5) is 11.7. The highest BCUT2D eigenvalue weighted by atomic mass is 32.2. The molecule has 1 spiro atoms. The molecular formula is C27H33N5O4S. The highest BCUT2D eigenvalue weighted by Gasteiger charge is 2.47. The Morgan fingerprint density at radius 2 is 1.89 bits per heavy atom. The van der Waals surface area contributed by atoms with Crippen LogP contribution < -0.4 is 19.7 Å². The first-order chi connectivity index (χ1) is 17.8. The maximum Gasteiger partial charge on any atom is 0.240 e. The number of ether oxygens (including phenoxy) is 1. The Labute approximate surface area is 218 Å². The van der Waals surface area contributed by atoms with Crippen LogP contribution in [0, 0.1) is 6.92 Å². The quantitative estimate of drug-likeness (QED) is 0.386. The first kappa shape index (κ1) is 25.6. The van der Waals surface area contributed by atoms with Crippen LogP contribution in [0.2, 0.25) is 0 Å². The van der Waals surface area contributed by atoms with Crippen molar-refractivity contribution in [1.29, 1.82) is 0 Å². The molecule has 5 rings (SSSR count). The number of fused-ring (bicyclic) bond motifs is 2. The van der Waals surface area contributed by atoms with Crippen molar-refractivity contribution in [3.05, 3.63) is 65.5 Å². The summed E-state index contributed by atoms with van der Waals surface area (Å²) in [5, 5.41) is 14.4. The van der Waals surface area contributed by atoms with Crippen LogP contribution in [0.5, 0.6) is 5.88 Å². The second kappa shape index (κ2) is 10.0. The van der Waals surface area contributed by atoms with Gasteiger partial charge < -0.3 is 14.7 Å². The maximum absolute atomic E-state index is 12.0. The minimum absolute atomic E-state index is 0.0784. The van der Waals surface area contributed by atoms with Gasteiger partial charge in [0.05, 0.1) is 29.1 Å². The van der Waals surface area contributed by atoms with Gasteiger partial charge in [0.1, 0.15) is 0 Å². The molecule has 196 valence electrons. The zero-order valence-corrected chi connectivity index (χ0v) is 22.2. The topological polar surface area (TPSA) is 117 Å². The van der Waals surface area contributed by atoms with Crippen molar-refractivity contribution in [2.45, 2.75) is 55.8 Å². The second-order valence-corrected chi connectivity index (χ2v) is 11.7. The van der Waals surface area contributed by atoms with Crippen LogP contribution in [0.1, 0.15) is 42.5 Å². The third-order valence-electron chi connectivity index (χ3n) is 7.58. The maximum atomic E-state index is 12.0. The number of rotatable bonds is 8. The number of sulfonamides is 1. The number of aromatic nitrogens is 2. The van der Waals surface area contributed by atoms with Gasteiger partial charge in [-0.1, -0.05) is 25.0 Å². The highest BCUT2D eigenvalue weighted by Crippen LogP contribution is 2.50. The fourth-order valence-corrected chi connectivity index (χ4v) is 6.24. The summed E-state index contributed by atoms with van der Waals surface area (Å²) in [5.74, 6) is 0.577. The number of aryl methyl sites for hydroxylation is 1. The molecule has 0 radical (unpaired) electrons. The van der Waals surface area contributed by atoms with Crippen LogP contribution in [0.3, 0.4) is 0 Å². The number of nitrogens with one attached hydrogen (secondary N) is 2. The normalized spacial score (nSPS) is 17.2. The van der Waals surface area contributed by atoms with Crippen LogP contribution in [-0.4, -0.2) is 50.5 Å². The molecular weight excluding hydrogens is 490 g/mol. The van der Waals surface area contributed by atoms with Crippen LogP contribution in [-0.2, 0) is 22.0 Å². The monoisotopic (exact) mass is 523 g/mol. The largest absolute Gasteiger partial charge is 0.481 e. The molecule has 1 atom stereocenters. The Kier molecular flexibility index (Phi) is 6.93. The average Bonchev–Trinajstić information content (AvgIpc) is 3.52. The van der Waals surface area contributed by atoms with Crippen LogP contribution in [0.25, 0.3) is 11.3 Å². The SMILES string of the molecule is CNS(=O)(=O)c1ccc(CNC(O)N2CC3(CCCC3)c3nc(-c4cnc(OC)cc4C)ccc32)cc1. The summed E-state index contributed by atoms with van der Waals surface area (Å²) in [6, 6.07) is 12.6. The number of methoxy groups -OCH3 is 1. The molecule has 9 nitrogen and oxygen atoms in total. The lowest BCUT2D eigenvalue weighted by Crippen LogP contribution is -2.46. The molecule has 0 saturated heterocycles. The first-order valence-corrected chi connectivity index (χ1v) is 14.0. The van der Waals surface area contributed by atoms with E-state index in [0.29, 0.717) is 19.0 Å². The number of anilines is 1. The standard InChI is InChI=1S/C27H33N5O4S/c1-18-14-24(36-3)29-16-21(18)22-10-11-23-25(31-22)27(12-4-5-13-27)17-32(23)26(33)30-15-19-6-8-20(9-7-19)37(34,35)28-2/h6-11,14,16,26,28,30,33H,4-5,12-13,15,17H2,1-3H3. The number of nitrogens with zero attached hydrogens (tertiary/aromatic N) is 3. The van der Waals surface area contributed by atoms with E-state index in [1.165, 1.54) is 7.05 Å². The molecule has 1 fully saturated rings. The third kappa shape index (κ3) is 4.82. The molecule has 1 saturated carbocycles. The van der Waals surface area contributed by atoms with Crippen LogP contribution in [0.4, 0.5) is 5.69 Å². The Hall–Kier alpha value is -3.05. The summed E-state index contributed by atoms with van der Waals surface area (Å²) in [6.07, 6.45) is 5.28. The first-order valence-electron chi connectivity index (χ1n) is 12.5. The number of aliphatic hydroxyl groups is 1. The zero-order chi connectivity index (χ0) is 26.2. The van der Waals surface area contributed by atoms with E-state index in [1.54, 1.807) is 37.6 Å². The van der Waals surface area contributed by atoms with Gasteiger partial charge in [-0.25, -0.2) is 23.1 Å². The van der Waals surface area contributed by atoms with E-state index in [-0.39, 0.29) is 10.3 Å². The molecule has 3 aromatic rings. The van der Waals surface area contributed by atoms with E-state index < -0.39 is 16.4 Å². The van der Waals surface area contributed by atoms with Gasteiger partial charge in [-0.2, -0.15) is 0 Å². The van der Waals surface area contributed by atoms with Gasteiger partial charge in [-0.05, 0) is 62.2 Å². The fourth-order valence-electron chi connectivity index (χ4n) is 5.51. The molecule has 1 aromatic carbocycles. The van der Waals surface area contributed by atoms with Gasteiger partial charge >= 0.3 is 0 Å². The van der Waals surface area contributed by atoms with Gasteiger partial charge in [0.25, 0.3) is 0 Å². The molecule has 1 aliphatic heterocycles.